The Labute approximate surface area is 113 Å². The second-order valence-electron chi connectivity index (χ2n) is 4.96. The van der Waals surface area contributed by atoms with Gasteiger partial charge in [0.1, 0.15) is 6.04 Å². The fourth-order valence-corrected chi connectivity index (χ4v) is 3.18. The van der Waals surface area contributed by atoms with Gasteiger partial charge in [0.15, 0.2) is 0 Å². The van der Waals surface area contributed by atoms with Crippen molar-refractivity contribution in [1.29, 1.82) is 0 Å². The van der Waals surface area contributed by atoms with Crippen LogP contribution in [0, 0.1) is 5.92 Å². The molecular weight excluding hydrogens is 272 g/mol. The van der Waals surface area contributed by atoms with Crippen molar-refractivity contribution in [3.8, 4) is 0 Å². The van der Waals surface area contributed by atoms with Crippen LogP contribution in [0.25, 0.3) is 0 Å². The summed E-state index contributed by atoms with van der Waals surface area (Å²) < 4.78 is 24.2. The third kappa shape index (κ3) is 3.90. The number of nitrogens with one attached hydrogen (secondary N) is 1. The molecule has 1 heterocycles. The molecular formula is C11H20N2O5S. The highest BCUT2D eigenvalue weighted by Crippen LogP contribution is 2.20. The minimum Gasteiger partial charge on any atom is -0.481 e. The molecule has 19 heavy (non-hydrogen) atoms. The van der Waals surface area contributed by atoms with E-state index in [1.807, 2.05) is 0 Å². The molecule has 1 aliphatic rings. The lowest BCUT2D eigenvalue weighted by molar-refractivity contribution is -0.142. The molecule has 0 aromatic carbocycles. The van der Waals surface area contributed by atoms with Crippen LogP contribution < -0.4 is 5.32 Å². The number of carbonyl (C=O) groups is 2. The number of sulfonamides is 1. The van der Waals surface area contributed by atoms with Gasteiger partial charge in [-0.25, -0.2) is 8.42 Å². The molecule has 0 saturated carbocycles. The summed E-state index contributed by atoms with van der Waals surface area (Å²) >= 11 is 0. The number of rotatable bonds is 5. The average molecular weight is 292 g/mol. The Hall–Kier alpha value is -1.15. The predicted octanol–water partition coefficient (Wildman–Crippen LogP) is -0.364. The van der Waals surface area contributed by atoms with Crippen molar-refractivity contribution in [1.82, 2.24) is 9.62 Å². The Morgan fingerprint density at radius 1 is 1.37 bits per heavy atom. The maximum Gasteiger partial charge on any atom is 0.308 e. The molecule has 8 heteroatoms. The standard InChI is InChI=1S/C11H20N2O5S/c1-7(11(15)16)8(2)12-10(14)9-5-4-6-13(9)19(3,17)18/h7-9H,4-6H2,1-3H3,(H,12,14)(H,15,16). The fraction of sp³-hybridized carbons (Fsp3) is 0.818. The molecule has 1 fully saturated rings. The monoisotopic (exact) mass is 292 g/mol. The van der Waals surface area contributed by atoms with E-state index in [0.717, 1.165) is 6.26 Å². The van der Waals surface area contributed by atoms with Crippen LogP contribution in [0.2, 0.25) is 0 Å². The Morgan fingerprint density at radius 3 is 2.42 bits per heavy atom. The first-order valence-electron chi connectivity index (χ1n) is 6.14. The van der Waals surface area contributed by atoms with Gasteiger partial charge in [-0.3, -0.25) is 9.59 Å². The van der Waals surface area contributed by atoms with Crippen LogP contribution in [-0.4, -0.2) is 54.6 Å². The topological polar surface area (TPSA) is 104 Å². The molecule has 0 aliphatic carbocycles. The van der Waals surface area contributed by atoms with Crippen LogP contribution in [0.4, 0.5) is 0 Å². The third-order valence-electron chi connectivity index (χ3n) is 3.44. The average Bonchev–Trinajstić information content (AvgIpc) is 2.75. The van der Waals surface area contributed by atoms with Gasteiger partial charge in [0.2, 0.25) is 15.9 Å². The lowest BCUT2D eigenvalue weighted by atomic mass is 10.0. The Bertz CT molecular complexity index is 462. The summed E-state index contributed by atoms with van der Waals surface area (Å²) in [6, 6.07) is -1.27. The Morgan fingerprint density at radius 2 is 1.95 bits per heavy atom. The highest BCUT2D eigenvalue weighted by atomic mass is 32.2. The smallest absolute Gasteiger partial charge is 0.308 e. The largest absolute Gasteiger partial charge is 0.481 e. The van der Waals surface area contributed by atoms with Crippen LogP contribution in [0.5, 0.6) is 0 Å². The van der Waals surface area contributed by atoms with Crippen molar-refractivity contribution in [2.75, 3.05) is 12.8 Å². The summed E-state index contributed by atoms with van der Waals surface area (Å²) in [6.07, 6.45) is 2.17. The molecule has 3 atom stereocenters. The first-order valence-corrected chi connectivity index (χ1v) is 7.99. The lowest BCUT2D eigenvalue weighted by Gasteiger charge is -2.24. The summed E-state index contributed by atoms with van der Waals surface area (Å²) in [5.74, 6) is -2.15. The molecule has 3 unspecified atom stereocenters. The predicted molar refractivity (Wildman–Crippen MR) is 69.0 cm³/mol. The maximum atomic E-state index is 12.0. The Kier molecular flexibility index (Phi) is 4.92. The van der Waals surface area contributed by atoms with Crippen molar-refractivity contribution in [3.63, 3.8) is 0 Å². The van der Waals surface area contributed by atoms with E-state index in [1.54, 1.807) is 6.92 Å². The lowest BCUT2D eigenvalue weighted by Crippen LogP contribution is -2.50. The molecule has 0 aromatic rings. The number of aliphatic carboxylic acids is 1. The number of carboxylic acids is 1. The van der Waals surface area contributed by atoms with E-state index < -0.39 is 39.9 Å². The molecule has 1 rings (SSSR count). The summed E-state index contributed by atoms with van der Waals surface area (Å²) in [5.41, 5.74) is 0. The van der Waals surface area contributed by atoms with Gasteiger partial charge in [-0.2, -0.15) is 4.31 Å². The molecule has 0 bridgehead atoms. The quantitative estimate of drug-likeness (QED) is 0.720. The molecule has 7 nitrogen and oxygen atoms in total. The Balaban J connectivity index is 2.71. The number of hydrogen-bond acceptors (Lipinski definition) is 4. The molecule has 110 valence electrons. The van der Waals surface area contributed by atoms with Crippen LogP contribution in [0.1, 0.15) is 26.7 Å². The number of amides is 1. The molecule has 0 spiro atoms. The zero-order chi connectivity index (χ0) is 14.8. The van der Waals surface area contributed by atoms with Crippen LogP contribution in [0.3, 0.4) is 0 Å². The SMILES string of the molecule is CC(NC(=O)C1CCCN1S(C)(=O)=O)C(C)C(=O)O. The zero-order valence-electron chi connectivity index (χ0n) is 11.3. The fourth-order valence-electron chi connectivity index (χ4n) is 2.06. The van der Waals surface area contributed by atoms with Crippen molar-refractivity contribution < 1.29 is 23.1 Å². The van der Waals surface area contributed by atoms with Gasteiger partial charge in [0.25, 0.3) is 0 Å². The summed E-state index contributed by atoms with van der Waals surface area (Å²) in [6.45, 7) is 3.42. The van der Waals surface area contributed by atoms with Gasteiger partial charge >= 0.3 is 5.97 Å². The second-order valence-corrected chi connectivity index (χ2v) is 6.89. The van der Waals surface area contributed by atoms with Crippen molar-refractivity contribution >= 4 is 21.9 Å². The van der Waals surface area contributed by atoms with E-state index >= 15 is 0 Å². The van der Waals surface area contributed by atoms with Gasteiger partial charge < -0.3 is 10.4 Å². The molecule has 2 N–H and O–H groups in total. The van der Waals surface area contributed by atoms with E-state index in [0.29, 0.717) is 19.4 Å². The highest BCUT2D eigenvalue weighted by Gasteiger charge is 2.37. The number of hydrogen-bond donors (Lipinski definition) is 2. The van der Waals surface area contributed by atoms with E-state index in [1.165, 1.54) is 11.2 Å². The zero-order valence-corrected chi connectivity index (χ0v) is 12.1. The summed E-state index contributed by atoms with van der Waals surface area (Å²) in [7, 11) is -3.41. The van der Waals surface area contributed by atoms with Crippen molar-refractivity contribution in [3.05, 3.63) is 0 Å². The van der Waals surface area contributed by atoms with E-state index in [-0.39, 0.29) is 0 Å². The normalized spacial score (nSPS) is 23.8. The van der Waals surface area contributed by atoms with Crippen LogP contribution in [0.15, 0.2) is 0 Å². The van der Waals surface area contributed by atoms with Gasteiger partial charge in [-0.15, -0.1) is 0 Å². The van der Waals surface area contributed by atoms with Gasteiger partial charge in [-0.1, -0.05) is 0 Å². The second kappa shape index (κ2) is 5.87. The van der Waals surface area contributed by atoms with Gasteiger partial charge in [0, 0.05) is 12.6 Å². The van der Waals surface area contributed by atoms with Crippen molar-refractivity contribution in [2.45, 2.75) is 38.8 Å². The molecule has 0 radical (unpaired) electrons. The summed E-state index contributed by atoms with van der Waals surface area (Å²) in [5, 5.41) is 11.4. The van der Waals surface area contributed by atoms with E-state index in [2.05, 4.69) is 5.32 Å². The third-order valence-corrected chi connectivity index (χ3v) is 4.73. The van der Waals surface area contributed by atoms with E-state index in [9.17, 15) is 18.0 Å². The van der Waals surface area contributed by atoms with Crippen molar-refractivity contribution in [2.24, 2.45) is 5.92 Å². The first-order chi connectivity index (χ1) is 8.64. The first kappa shape index (κ1) is 15.9. The highest BCUT2D eigenvalue weighted by molar-refractivity contribution is 7.88. The van der Waals surface area contributed by atoms with Gasteiger partial charge in [0.05, 0.1) is 12.2 Å². The summed E-state index contributed by atoms with van der Waals surface area (Å²) in [4.78, 5) is 22.8. The van der Waals surface area contributed by atoms with Gasteiger partial charge in [-0.05, 0) is 26.7 Å². The number of carboxylic acid groups (broad SMARTS) is 1. The molecule has 1 saturated heterocycles. The van der Waals surface area contributed by atoms with Crippen LogP contribution >= 0.6 is 0 Å². The number of carbonyl (C=O) groups excluding carboxylic acids is 1. The molecule has 0 aromatic heterocycles. The number of nitrogens with zero attached hydrogens (tertiary/aromatic N) is 1. The molecule has 1 amide bonds. The van der Waals surface area contributed by atoms with E-state index in [4.69, 9.17) is 5.11 Å². The van der Waals surface area contributed by atoms with Crippen LogP contribution in [-0.2, 0) is 19.6 Å². The minimum atomic E-state index is -3.41. The maximum absolute atomic E-state index is 12.0. The molecule has 1 aliphatic heterocycles. The minimum absolute atomic E-state index is 0.333.